The summed E-state index contributed by atoms with van der Waals surface area (Å²) in [5.41, 5.74) is 7.47. The normalized spacial score (nSPS) is 11.6. The summed E-state index contributed by atoms with van der Waals surface area (Å²) in [6.07, 6.45) is 0.0404. The summed E-state index contributed by atoms with van der Waals surface area (Å²) < 4.78 is 13.8. The van der Waals surface area contributed by atoms with Crippen molar-refractivity contribution in [1.29, 1.82) is 0 Å². The van der Waals surface area contributed by atoms with Crippen LogP contribution >= 0.6 is 0 Å². The molecule has 0 aromatic heterocycles. The molecule has 0 radical (unpaired) electrons. The Hall–Kier alpha value is -2.89. The van der Waals surface area contributed by atoms with E-state index in [9.17, 15) is 14.0 Å². The van der Waals surface area contributed by atoms with Crippen molar-refractivity contribution in [1.82, 2.24) is 10.2 Å². The molecule has 25 heavy (non-hydrogen) atoms. The van der Waals surface area contributed by atoms with Crippen LogP contribution in [0.5, 0.6) is 0 Å². The Morgan fingerprint density at radius 1 is 1.16 bits per heavy atom. The second-order valence-corrected chi connectivity index (χ2v) is 5.96. The topological polar surface area (TPSA) is 75.4 Å². The zero-order chi connectivity index (χ0) is 18.4. The lowest BCUT2D eigenvalue weighted by Crippen LogP contribution is -2.37. The number of nitrogens with two attached hydrogens (primary N) is 1. The fourth-order valence-electron chi connectivity index (χ4n) is 2.69. The maximum Gasteiger partial charge on any atom is 0.312 e. The summed E-state index contributed by atoms with van der Waals surface area (Å²) >= 11 is 0. The Bertz CT molecular complexity index is 764. The molecule has 2 rings (SSSR count). The first kappa shape index (κ1) is 18.4. The van der Waals surface area contributed by atoms with Crippen LogP contribution in [0.4, 0.5) is 9.18 Å². The first-order chi connectivity index (χ1) is 11.9. The van der Waals surface area contributed by atoms with E-state index < -0.39 is 12.1 Å². The highest BCUT2D eigenvalue weighted by Gasteiger charge is 2.21. The van der Waals surface area contributed by atoms with Crippen molar-refractivity contribution in [3.63, 3.8) is 0 Å². The summed E-state index contributed by atoms with van der Waals surface area (Å²) in [5, 5.41) is 2.62. The van der Waals surface area contributed by atoms with Gasteiger partial charge in [-0.2, -0.15) is 0 Å². The predicted molar refractivity (Wildman–Crippen MR) is 94.1 cm³/mol. The van der Waals surface area contributed by atoms with Gasteiger partial charge in [-0.25, -0.2) is 9.18 Å². The van der Waals surface area contributed by atoms with Gasteiger partial charge in [0.25, 0.3) is 0 Å². The lowest BCUT2D eigenvalue weighted by molar-refractivity contribution is -0.131. The fourth-order valence-corrected chi connectivity index (χ4v) is 2.69. The van der Waals surface area contributed by atoms with Crippen LogP contribution in [0.3, 0.4) is 0 Å². The van der Waals surface area contributed by atoms with Crippen molar-refractivity contribution in [3.05, 3.63) is 71.0 Å². The Kier molecular flexibility index (Phi) is 6.11. The van der Waals surface area contributed by atoms with Crippen LogP contribution in [-0.4, -0.2) is 23.9 Å². The summed E-state index contributed by atoms with van der Waals surface area (Å²) in [4.78, 5) is 25.3. The molecule has 1 atom stereocenters. The zero-order valence-corrected chi connectivity index (χ0v) is 14.3. The second-order valence-electron chi connectivity index (χ2n) is 5.96. The van der Waals surface area contributed by atoms with E-state index in [-0.39, 0.29) is 24.7 Å². The number of primary amides is 1. The van der Waals surface area contributed by atoms with Gasteiger partial charge in [-0.05, 0) is 24.1 Å². The van der Waals surface area contributed by atoms with Crippen molar-refractivity contribution in [2.24, 2.45) is 5.73 Å². The van der Waals surface area contributed by atoms with E-state index in [1.165, 1.54) is 11.0 Å². The molecule has 0 fully saturated rings. The number of amides is 3. The maximum absolute atomic E-state index is 13.8. The van der Waals surface area contributed by atoms with Gasteiger partial charge in [-0.3, -0.25) is 4.79 Å². The first-order valence-electron chi connectivity index (χ1n) is 7.97. The summed E-state index contributed by atoms with van der Waals surface area (Å²) in [5.74, 6) is -0.571. The molecule has 5 nitrogen and oxygen atoms in total. The molecule has 3 N–H and O–H groups in total. The molecule has 0 bridgehead atoms. The standard InChI is InChI=1S/C19H22FN3O2/c1-13-7-3-5-9-15(13)17(22-19(21)25)11-18(24)23(2)12-14-8-4-6-10-16(14)20/h3-10,17H,11-12H2,1-2H3,(H3,21,22,25). The van der Waals surface area contributed by atoms with Crippen LogP contribution in [0, 0.1) is 12.7 Å². The van der Waals surface area contributed by atoms with Gasteiger partial charge in [0.2, 0.25) is 5.91 Å². The van der Waals surface area contributed by atoms with Crippen LogP contribution in [0.25, 0.3) is 0 Å². The molecule has 1 unspecified atom stereocenters. The van der Waals surface area contributed by atoms with Gasteiger partial charge in [0, 0.05) is 19.2 Å². The van der Waals surface area contributed by atoms with E-state index in [4.69, 9.17) is 5.73 Å². The van der Waals surface area contributed by atoms with Crippen molar-refractivity contribution >= 4 is 11.9 Å². The van der Waals surface area contributed by atoms with Gasteiger partial charge in [0.05, 0.1) is 12.5 Å². The van der Waals surface area contributed by atoms with Crippen molar-refractivity contribution in [2.75, 3.05) is 7.05 Å². The highest BCUT2D eigenvalue weighted by Crippen LogP contribution is 2.22. The van der Waals surface area contributed by atoms with E-state index in [2.05, 4.69) is 5.32 Å². The molecular formula is C19H22FN3O2. The minimum absolute atomic E-state index is 0.0404. The molecule has 6 heteroatoms. The number of halogens is 1. The van der Waals surface area contributed by atoms with Gasteiger partial charge < -0.3 is 16.0 Å². The first-order valence-corrected chi connectivity index (χ1v) is 7.97. The van der Waals surface area contributed by atoms with Gasteiger partial charge >= 0.3 is 6.03 Å². The molecule has 3 amide bonds. The van der Waals surface area contributed by atoms with Crippen LogP contribution < -0.4 is 11.1 Å². The lowest BCUT2D eigenvalue weighted by atomic mass is 9.98. The third-order valence-corrected chi connectivity index (χ3v) is 4.05. The van der Waals surface area contributed by atoms with Gasteiger partial charge in [-0.15, -0.1) is 0 Å². The molecule has 0 saturated carbocycles. The minimum Gasteiger partial charge on any atom is -0.352 e. The summed E-state index contributed by atoms with van der Waals surface area (Å²) in [6.45, 7) is 2.06. The number of carbonyl (C=O) groups excluding carboxylic acids is 2. The Labute approximate surface area is 146 Å². The molecule has 0 heterocycles. The molecule has 2 aromatic carbocycles. The fraction of sp³-hybridized carbons (Fsp3) is 0.263. The lowest BCUT2D eigenvalue weighted by Gasteiger charge is -2.23. The monoisotopic (exact) mass is 343 g/mol. The number of nitrogens with zero attached hydrogens (tertiary/aromatic N) is 1. The van der Waals surface area contributed by atoms with Crippen LogP contribution in [0.2, 0.25) is 0 Å². The van der Waals surface area contributed by atoms with Gasteiger partial charge in [-0.1, -0.05) is 42.5 Å². The predicted octanol–water partition coefficient (Wildman–Crippen LogP) is 2.89. The van der Waals surface area contributed by atoms with Gasteiger partial charge in [0.15, 0.2) is 0 Å². The third kappa shape index (κ3) is 5.04. The maximum atomic E-state index is 13.8. The SMILES string of the molecule is Cc1ccccc1C(CC(=O)N(C)Cc1ccccc1F)NC(N)=O. The number of benzene rings is 2. The van der Waals surface area contributed by atoms with Crippen molar-refractivity contribution in [3.8, 4) is 0 Å². The number of aryl methyl sites for hydroxylation is 1. The molecule has 0 aliphatic heterocycles. The van der Waals surface area contributed by atoms with E-state index in [1.807, 2.05) is 31.2 Å². The van der Waals surface area contributed by atoms with E-state index in [0.717, 1.165) is 11.1 Å². The Morgan fingerprint density at radius 3 is 2.44 bits per heavy atom. The molecular weight excluding hydrogens is 321 g/mol. The smallest absolute Gasteiger partial charge is 0.312 e. The van der Waals surface area contributed by atoms with Crippen LogP contribution in [0.15, 0.2) is 48.5 Å². The third-order valence-electron chi connectivity index (χ3n) is 4.05. The zero-order valence-electron chi connectivity index (χ0n) is 14.3. The molecule has 0 aliphatic carbocycles. The number of hydrogen-bond donors (Lipinski definition) is 2. The molecule has 0 aliphatic rings. The number of urea groups is 1. The second kappa shape index (κ2) is 8.28. The molecule has 2 aromatic rings. The molecule has 132 valence electrons. The van der Waals surface area contributed by atoms with Crippen molar-refractivity contribution in [2.45, 2.75) is 25.9 Å². The minimum atomic E-state index is -0.696. The van der Waals surface area contributed by atoms with Crippen molar-refractivity contribution < 1.29 is 14.0 Å². The summed E-state index contributed by atoms with van der Waals surface area (Å²) in [7, 11) is 1.61. The van der Waals surface area contributed by atoms with Crippen LogP contribution in [0.1, 0.15) is 29.2 Å². The van der Waals surface area contributed by atoms with E-state index in [0.29, 0.717) is 5.56 Å². The Balaban J connectivity index is 2.12. The highest BCUT2D eigenvalue weighted by molar-refractivity contribution is 5.79. The van der Waals surface area contributed by atoms with E-state index >= 15 is 0 Å². The van der Waals surface area contributed by atoms with Crippen LogP contribution in [-0.2, 0) is 11.3 Å². The number of hydrogen-bond acceptors (Lipinski definition) is 2. The summed E-state index contributed by atoms with van der Waals surface area (Å²) in [6, 6.07) is 12.6. The highest BCUT2D eigenvalue weighted by atomic mass is 19.1. The van der Waals surface area contributed by atoms with E-state index in [1.54, 1.807) is 25.2 Å². The molecule has 0 spiro atoms. The molecule has 0 saturated heterocycles. The number of nitrogens with one attached hydrogen (secondary N) is 1. The average molecular weight is 343 g/mol. The number of rotatable bonds is 6. The average Bonchev–Trinajstić information content (AvgIpc) is 2.56. The Morgan fingerprint density at radius 2 is 1.80 bits per heavy atom. The largest absolute Gasteiger partial charge is 0.352 e. The van der Waals surface area contributed by atoms with Gasteiger partial charge in [0.1, 0.15) is 5.82 Å². The number of carbonyl (C=O) groups is 2. The quantitative estimate of drug-likeness (QED) is 0.846.